The summed E-state index contributed by atoms with van der Waals surface area (Å²) < 4.78 is 0. The van der Waals surface area contributed by atoms with Crippen LogP contribution in [0.25, 0.3) is 0 Å². The first-order chi connectivity index (χ1) is 3.41. The fourth-order valence-electron chi connectivity index (χ4n) is 0.427. The zero-order valence-corrected chi connectivity index (χ0v) is 8.45. The molecule has 0 aliphatic heterocycles. The van der Waals surface area contributed by atoms with Crippen LogP contribution >= 0.6 is 0 Å². The maximum atomic E-state index is 3.69. The van der Waals surface area contributed by atoms with Gasteiger partial charge < -0.3 is 12.2 Å². The van der Waals surface area contributed by atoms with E-state index in [-0.39, 0.29) is 32.7 Å². The largest absolute Gasteiger partial charge is 0.342 e. The maximum Gasteiger partial charge on any atom is 0 e. The number of nitrogens with one attached hydrogen (secondary N) is 1. The molecule has 1 radical (unpaired) electrons. The standard InChI is InChI=1S/C6H14N.Y/c1-3-5-7-6-4-2;/h7H,1,3-6H2,2H3;/q-1;. The molecular formula is C6H14NY-. The molecular weight excluding hydrogens is 175 g/mol. The van der Waals surface area contributed by atoms with Crippen molar-refractivity contribution in [2.24, 2.45) is 0 Å². The average molecular weight is 189 g/mol. The number of rotatable bonds is 4. The van der Waals surface area contributed by atoms with Gasteiger partial charge in [-0.25, -0.2) is 0 Å². The molecule has 0 spiro atoms. The van der Waals surface area contributed by atoms with Crippen LogP contribution in [0.5, 0.6) is 0 Å². The van der Waals surface area contributed by atoms with Gasteiger partial charge in [0.25, 0.3) is 0 Å². The summed E-state index contributed by atoms with van der Waals surface area (Å²) in [5.41, 5.74) is 0. The fourth-order valence-corrected chi connectivity index (χ4v) is 0.427. The first-order valence-electron chi connectivity index (χ1n) is 2.91. The molecule has 0 fully saturated rings. The van der Waals surface area contributed by atoms with Gasteiger partial charge in [-0.1, -0.05) is 6.92 Å². The molecule has 0 aromatic heterocycles. The van der Waals surface area contributed by atoms with Crippen LogP contribution in [0.15, 0.2) is 0 Å². The third-order valence-corrected chi connectivity index (χ3v) is 0.780. The molecule has 8 heavy (non-hydrogen) atoms. The summed E-state index contributed by atoms with van der Waals surface area (Å²) in [7, 11) is 0. The van der Waals surface area contributed by atoms with Crippen molar-refractivity contribution in [2.75, 3.05) is 13.1 Å². The van der Waals surface area contributed by atoms with E-state index in [2.05, 4.69) is 19.2 Å². The summed E-state index contributed by atoms with van der Waals surface area (Å²) >= 11 is 0. The molecule has 0 saturated carbocycles. The zero-order valence-electron chi connectivity index (χ0n) is 5.61. The Morgan fingerprint density at radius 3 is 2.38 bits per heavy atom. The molecule has 0 aromatic rings. The van der Waals surface area contributed by atoms with Crippen molar-refractivity contribution < 1.29 is 32.7 Å². The summed E-state index contributed by atoms with van der Waals surface area (Å²) in [6, 6.07) is 0. The van der Waals surface area contributed by atoms with E-state index < -0.39 is 0 Å². The molecule has 0 saturated heterocycles. The summed E-state index contributed by atoms with van der Waals surface area (Å²) in [5, 5.41) is 3.22. The van der Waals surface area contributed by atoms with E-state index in [1.807, 2.05) is 0 Å². The molecule has 0 atom stereocenters. The Morgan fingerprint density at radius 2 is 2.00 bits per heavy atom. The molecule has 0 unspecified atom stereocenters. The Bertz CT molecular complexity index is 27.7. The Hall–Kier alpha value is 1.06. The minimum Gasteiger partial charge on any atom is -0.342 e. The Balaban J connectivity index is 0. The van der Waals surface area contributed by atoms with E-state index in [9.17, 15) is 0 Å². The Labute approximate surface area is 77.5 Å². The molecule has 0 bridgehead atoms. The van der Waals surface area contributed by atoms with E-state index in [0.717, 1.165) is 19.5 Å². The second-order valence-electron chi connectivity index (χ2n) is 1.60. The maximum absolute atomic E-state index is 3.69. The number of hydrogen-bond acceptors (Lipinski definition) is 1. The van der Waals surface area contributed by atoms with Crippen molar-refractivity contribution in [1.29, 1.82) is 0 Å². The summed E-state index contributed by atoms with van der Waals surface area (Å²) in [6.07, 6.45) is 2.22. The molecule has 0 rings (SSSR count). The predicted octanol–water partition coefficient (Wildman–Crippen LogP) is 1.21. The van der Waals surface area contributed by atoms with Crippen LogP contribution in [0.4, 0.5) is 0 Å². The summed E-state index contributed by atoms with van der Waals surface area (Å²) in [6.45, 7) is 8.06. The molecule has 0 aliphatic carbocycles. The van der Waals surface area contributed by atoms with Crippen molar-refractivity contribution in [3.8, 4) is 0 Å². The second-order valence-corrected chi connectivity index (χ2v) is 1.60. The van der Waals surface area contributed by atoms with Crippen LogP contribution in [0.2, 0.25) is 0 Å². The normalized spacial score (nSPS) is 8.25. The zero-order chi connectivity index (χ0) is 5.54. The smallest absolute Gasteiger partial charge is 0 e. The van der Waals surface area contributed by atoms with Gasteiger partial charge in [0.1, 0.15) is 0 Å². The molecule has 0 heterocycles. The molecule has 0 aromatic carbocycles. The minimum absolute atomic E-state index is 0. The van der Waals surface area contributed by atoms with Crippen molar-refractivity contribution in [1.82, 2.24) is 5.32 Å². The van der Waals surface area contributed by atoms with E-state index in [1.54, 1.807) is 0 Å². The van der Waals surface area contributed by atoms with E-state index in [0.29, 0.717) is 0 Å². The molecule has 0 aliphatic rings. The van der Waals surface area contributed by atoms with Crippen molar-refractivity contribution >= 4 is 0 Å². The molecule has 2 heteroatoms. The first-order valence-corrected chi connectivity index (χ1v) is 2.91. The van der Waals surface area contributed by atoms with Crippen LogP contribution < -0.4 is 5.32 Å². The van der Waals surface area contributed by atoms with Crippen LogP contribution in [-0.4, -0.2) is 13.1 Å². The van der Waals surface area contributed by atoms with Gasteiger partial charge in [0.2, 0.25) is 0 Å². The molecule has 1 nitrogen and oxygen atoms in total. The van der Waals surface area contributed by atoms with Gasteiger partial charge in [-0.15, -0.1) is 0 Å². The second kappa shape index (κ2) is 10.9. The van der Waals surface area contributed by atoms with Gasteiger partial charge in [-0.05, 0) is 19.5 Å². The van der Waals surface area contributed by atoms with Crippen molar-refractivity contribution in [2.45, 2.75) is 19.8 Å². The third kappa shape index (κ3) is 10.1. The Morgan fingerprint density at radius 1 is 1.38 bits per heavy atom. The monoisotopic (exact) mass is 189 g/mol. The third-order valence-electron chi connectivity index (χ3n) is 0.780. The minimum atomic E-state index is 0. The van der Waals surface area contributed by atoms with E-state index in [1.165, 1.54) is 6.42 Å². The summed E-state index contributed by atoms with van der Waals surface area (Å²) in [4.78, 5) is 0. The van der Waals surface area contributed by atoms with Gasteiger partial charge in [0.05, 0.1) is 0 Å². The van der Waals surface area contributed by atoms with Crippen LogP contribution in [0.3, 0.4) is 0 Å². The molecule has 1 N–H and O–H groups in total. The van der Waals surface area contributed by atoms with Gasteiger partial charge >= 0.3 is 0 Å². The summed E-state index contributed by atoms with van der Waals surface area (Å²) in [5.74, 6) is 0. The van der Waals surface area contributed by atoms with E-state index in [4.69, 9.17) is 0 Å². The van der Waals surface area contributed by atoms with E-state index >= 15 is 0 Å². The average Bonchev–Trinajstić information content (AvgIpc) is 1.69. The SMILES string of the molecule is [CH2-]CCNCCC.[Y]. The fraction of sp³-hybridized carbons (Fsp3) is 0.833. The van der Waals surface area contributed by atoms with Gasteiger partial charge in [-0.2, -0.15) is 6.42 Å². The van der Waals surface area contributed by atoms with Gasteiger partial charge in [-0.3, -0.25) is 0 Å². The Kier molecular flexibility index (Phi) is 16.2. The van der Waals surface area contributed by atoms with Crippen LogP contribution in [-0.2, 0) is 32.7 Å². The van der Waals surface area contributed by atoms with Crippen molar-refractivity contribution in [3.63, 3.8) is 0 Å². The molecule has 0 amide bonds. The first kappa shape index (κ1) is 11.8. The number of hydrogen-bond donors (Lipinski definition) is 1. The van der Waals surface area contributed by atoms with Gasteiger partial charge in [0.15, 0.2) is 0 Å². The van der Waals surface area contributed by atoms with Gasteiger partial charge in [0, 0.05) is 32.7 Å². The van der Waals surface area contributed by atoms with Crippen molar-refractivity contribution in [3.05, 3.63) is 6.92 Å². The quantitative estimate of drug-likeness (QED) is 0.517. The topological polar surface area (TPSA) is 12.0 Å². The van der Waals surface area contributed by atoms with Crippen LogP contribution in [0, 0.1) is 6.92 Å². The molecule has 47 valence electrons. The van der Waals surface area contributed by atoms with Crippen LogP contribution in [0.1, 0.15) is 19.8 Å². The predicted molar refractivity (Wildman–Crippen MR) is 33.1 cm³/mol.